The minimum absolute atomic E-state index is 0. The van der Waals surface area contributed by atoms with E-state index in [1.54, 1.807) is 12.1 Å². The van der Waals surface area contributed by atoms with Crippen LogP contribution in [0.1, 0.15) is 46.7 Å². The molecule has 1 heterocycles. The van der Waals surface area contributed by atoms with Crippen LogP contribution < -0.4 is 10.6 Å². The largest absolute Gasteiger partial charge is 0.416 e. The van der Waals surface area contributed by atoms with E-state index in [9.17, 15) is 27.1 Å². The van der Waals surface area contributed by atoms with Gasteiger partial charge < -0.3 is 10.6 Å². The molecule has 1 aliphatic heterocycles. The van der Waals surface area contributed by atoms with Crippen molar-refractivity contribution in [2.75, 3.05) is 16.8 Å². The quantitative estimate of drug-likeness (QED) is 0.431. The highest BCUT2D eigenvalue weighted by Crippen LogP contribution is 2.46. The first-order valence-corrected chi connectivity index (χ1v) is 12.1. The fraction of sp³-hybridized carbons (Fsp3) is 0.409. The van der Waals surface area contributed by atoms with Crippen molar-refractivity contribution in [2.45, 2.75) is 43.4 Å². The molecule has 2 aromatic rings. The average molecular weight is 491 g/mol. The van der Waals surface area contributed by atoms with Crippen molar-refractivity contribution in [3.05, 3.63) is 65.2 Å². The van der Waals surface area contributed by atoms with Crippen LogP contribution in [0.4, 0.5) is 18.9 Å². The monoisotopic (exact) mass is 490 g/mol. The smallest absolute Gasteiger partial charge is 0.322 e. The summed E-state index contributed by atoms with van der Waals surface area (Å²) in [6.45, 7) is 0. The third-order valence-corrected chi connectivity index (χ3v) is 7.65. The molecule has 32 heavy (non-hydrogen) atoms. The minimum atomic E-state index is -4.46. The predicted octanol–water partition coefficient (Wildman–Crippen LogP) is 5.74. The number of hydrogen-bond donors (Lipinski definition) is 4. The van der Waals surface area contributed by atoms with Gasteiger partial charge in [-0.05, 0) is 55.2 Å². The fourth-order valence-electron chi connectivity index (χ4n) is 3.98. The zero-order chi connectivity index (χ0) is 22.2. The van der Waals surface area contributed by atoms with E-state index in [-0.39, 0.29) is 18.1 Å². The topological polar surface area (TPSA) is 81.6 Å². The standard InChI is InChI=1S/C22H25F3N2O3S.ClH/c23-22(24,25)16-2-1-3-18(12-16)27-21(28)15-6-4-14(5-7-15)19-13-20(19)26-17-8-10-31(29,30)11-9-17;/h1-7,12,17,19-20,26,29-30H,8-11,13H2,(H,27,28);1H. The van der Waals surface area contributed by atoms with Gasteiger partial charge in [-0.1, -0.05) is 18.2 Å². The normalized spacial score (nSPS) is 23.7. The summed E-state index contributed by atoms with van der Waals surface area (Å²) in [7, 11) is -2.38. The van der Waals surface area contributed by atoms with Gasteiger partial charge in [-0.25, -0.2) is 0 Å². The van der Waals surface area contributed by atoms with Crippen LogP contribution >= 0.6 is 23.0 Å². The Morgan fingerprint density at radius 2 is 1.69 bits per heavy atom. The van der Waals surface area contributed by atoms with Gasteiger partial charge in [-0.15, -0.1) is 12.4 Å². The van der Waals surface area contributed by atoms with Gasteiger partial charge in [0.25, 0.3) is 5.91 Å². The Balaban J connectivity index is 0.00000289. The molecule has 1 saturated heterocycles. The molecule has 5 nitrogen and oxygen atoms in total. The maximum atomic E-state index is 12.8. The van der Waals surface area contributed by atoms with E-state index < -0.39 is 28.2 Å². The molecule has 0 aromatic heterocycles. The summed E-state index contributed by atoms with van der Waals surface area (Å²) < 4.78 is 57.9. The van der Waals surface area contributed by atoms with Crippen molar-refractivity contribution in [1.82, 2.24) is 5.32 Å². The highest BCUT2D eigenvalue weighted by Gasteiger charge is 2.40. The third kappa shape index (κ3) is 6.17. The lowest BCUT2D eigenvalue weighted by Crippen LogP contribution is -2.37. The van der Waals surface area contributed by atoms with Crippen LogP contribution in [-0.2, 0) is 6.18 Å². The summed E-state index contributed by atoms with van der Waals surface area (Å²) in [4.78, 5) is 12.4. The Morgan fingerprint density at radius 3 is 2.31 bits per heavy atom. The predicted molar refractivity (Wildman–Crippen MR) is 123 cm³/mol. The number of amides is 1. The maximum absolute atomic E-state index is 12.8. The van der Waals surface area contributed by atoms with Gasteiger partial charge in [0, 0.05) is 40.8 Å². The van der Waals surface area contributed by atoms with Gasteiger partial charge in [0.2, 0.25) is 0 Å². The van der Waals surface area contributed by atoms with Crippen LogP contribution in [0.3, 0.4) is 0 Å². The Morgan fingerprint density at radius 1 is 1.03 bits per heavy atom. The summed E-state index contributed by atoms with van der Waals surface area (Å²) in [5.74, 6) is 0.801. The van der Waals surface area contributed by atoms with Crippen LogP contribution in [0.5, 0.6) is 0 Å². The maximum Gasteiger partial charge on any atom is 0.416 e. The van der Waals surface area contributed by atoms with Crippen LogP contribution in [0.15, 0.2) is 48.5 Å². The summed E-state index contributed by atoms with van der Waals surface area (Å²) in [6.07, 6.45) is -1.95. The first-order valence-electron chi connectivity index (χ1n) is 10.2. The molecule has 2 unspecified atom stereocenters. The van der Waals surface area contributed by atoms with E-state index >= 15 is 0 Å². The molecule has 1 aliphatic carbocycles. The molecule has 2 atom stereocenters. The van der Waals surface area contributed by atoms with Crippen LogP contribution in [-0.4, -0.2) is 38.6 Å². The van der Waals surface area contributed by atoms with E-state index in [0.717, 1.165) is 37.0 Å². The first kappa shape index (κ1) is 24.9. The Kier molecular flexibility index (Phi) is 7.46. The molecule has 10 heteroatoms. The van der Waals surface area contributed by atoms with Gasteiger partial charge in [0.15, 0.2) is 0 Å². The van der Waals surface area contributed by atoms with Gasteiger partial charge in [0.1, 0.15) is 0 Å². The van der Waals surface area contributed by atoms with Crippen molar-refractivity contribution in [3.8, 4) is 0 Å². The van der Waals surface area contributed by atoms with Gasteiger partial charge >= 0.3 is 6.18 Å². The summed E-state index contributed by atoms with van der Waals surface area (Å²) >= 11 is 0. The number of anilines is 1. The summed E-state index contributed by atoms with van der Waals surface area (Å²) in [6, 6.07) is 12.3. The number of nitrogens with one attached hydrogen (secondary N) is 2. The molecule has 2 aromatic carbocycles. The van der Waals surface area contributed by atoms with Crippen molar-refractivity contribution in [3.63, 3.8) is 0 Å². The van der Waals surface area contributed by atoms with E-state index in [4.69, 9.17) is 0 Å². The summed E-state index contributed by atoms with van der Waals surface area (Å²) in [5.41, 5.74) is 0.771. The van der Waals surface area contributed by atoms with Crippen molar-refractivity contribution >= 4 is 34.6 Å². The molecule has 4 N–H and O–H groups in total. The Hall–Kier alpha value is -1.78. The lowest BCUT2D eigenvalue weighted by molar-refractivity contribution is -0.137. The molecule has 2 aliphatic rings. The van der Waals surface area contributed by atoms with Crippen molar-refractivity contribution in [1.29, 1.82) is 0 Å². The van der Waals surface area contributed by atoms with E-state index in [1.807, 2.05) is 12.1 Å². The number of hydrogen-bond acceptors (Lipinski definition) is 4. The van der Waals surface area contributed by atoms with Gasteiger partial charge in [0.05, 0.1) is 5.56 Å². The van der Waals surface area contributed by atoms with E-state index in [1.165, 1.54) is 12.1 Å². The second-order valence-corrected chi connectivity index (χ2v) is 10.7. The van der Waals surface area contributed by atoms with Crippen molar-refractivity contribution in [2.24, 2.45) is 0 Å². The lowest BCUT2D eigenvalue weighted by Gasteiger charge is -2.39. The second kappa shape index (κ2) is 9.61. The Labute approximate surface area is 192 Å². The van der Waals surface area contributed by atoms with Crippen LogP contribution in [0.2, 0.25) is 0 Å². The summed E-state index contributed by atoms with van der Waals surface area (Å²) in [5, 5.41) is 6.10. The lowest BCUT2D eigenvalue weighted by atomic mass is 10.1. The van der Waals surface area contributed by atoms with Crippen molar-refractivity contribution < 1.29 is 27.1 Å². The Bertz CT molecular complexity index is 946. The van der Waals surface area contributed by atoms with Crippen LogP contribution in [0.25, 0.3) is 0 Å². The molecule has 0 radical (unpaired) electrons. The fourth-order valence-corrected chi connectivity index (χ4v) is 5.51. The minimum Gasteiger partial charge on any atom is -0.322 e. The number of carbonyl (C=O) groups excluding carboxylic acids is 1. The van der Waals surface area contributed by atoms with Gasteiger partial charge in [-0.3, -0.25) is 13.9 Å². The zero-order valence-corrected chi connectivity index (χ0v) is 18.8. The number of carbonyl (C=O) groups is 1. The average Bonchev–Trinajstić information content (AvgIpc) is 3.48. The highest BCUT2D eigenvalue weighted by molar-refractivity contribution is 8.24. The first-order chi connectivity index (χ1) is 14.6. The third-order valence-electron chi connectivity index (χ3n) is 5.88. The molecule has 4 rings (SSSR count). The van der Waals surface area contributed by atoms with E-state index in [0.29, 0.717) is 35.1 Å². The van der Waals surface area contributed by atoms with Crippen LogP contribution in [0, 0.1) is 0 Å². The molecule has 0 bridgehead atoms. The molecule has 1 amide bonds. The molecule has 1 saturated carbocycles. The number of halogens is 4. The molecular weight excluding hydrogens is 465 g/mol. The highest BCUT2D eigenvalue weighted by atomic mass is 35.5. The zero-order valence-electron chi connectivity index (χ0n) is 17.1. The second-order valence-electron chi connectivity index (χ2n) is 8.25. The molecule has 176 valence electrons. The number of rotatable bonds is 5. The molecular formula is C22H26ClF3N2O3S. The SMILES string of the molecule is Cl.O=C(Nc1cccc(C(F)(F)F)c1)c1ccc(C2CC2NC2CCS(O)(O)CC2)cc1. The van der Waals surface area contributed by atoms with Gasteiger partial charge in [-0.2, -0.15) is 23.8 Å². The molecule has 2 fully saturated rings. The number of benzene rings is 2. The number of alkyl halides is 3. The van der Waals surface area contributed by atoms with E-state index in [2.05, 4.69) is 10.6 Å². The molecule has 0 spiro atoms.